The van der Waals surface area contributed by atoms with Crippen LogP contribution < -0.4 is 0 Å². The Balaban J connectivity index is 0.00000208. The Bertz CT molecular complexity index is 696. The van der Waals surface area contributed by atoms with Crippen LogP contribution in [-0.2, 0) is 16.2 Å². The summed E-state index contributed by atoms with van der Waals surface area (Å²) in [6.07, 6.45) is 0. The fourth-order valence-electron chi connectivity index (χ4n) is 3.67. The van der Waals surface area contributed by atoms with Crippen molar-refractivity contribution in [2.75, 3.05) is 0 Å². The first-order valence-corrected chi connectivity index (χ1v) is 8.73. The molecule has 3 rings (SSSR count). The van der Waals surface area contributed by atoms with Crippen LogP contribution in [0.4, 0.5) is 0 Å². The third-order valence-corrected chi connectivity index (χ3v) is 5.41. The van der Waals surface area contributed by atoms with E-state index in [0.717, 1.165) is 0 Å². The van der Waals surface area contributed by atoms with Gasteiger partial charge in [0, 0.05) is 5.41 Å². The minimum absolute atomic E-state index is 0. The molecule has 0 fully saturated rings. The van der Waals surface area contributed by atoms with Gasteiger partial charge in [-0.05, 0) is 44.2 Å². The van der Waals surface area contributed by atoms with Gasteiger partial charge >= 0.3 is 0 Å². The van der Waals surface area contributed by atoms with Gasteiger partial charge in [0.25, 0.3) is 0 Å². The zero-order valence-corrected chi connectivity index (χ0v) is 16.0. The predicted octanol–water partition coefficient (Wildman–Crippen LogP) is 7.22. The Hall–Kier alpha value is -1.56. The lowest BCUT2D eigenvalue weighted by molar-refractivity contribution is 0.580. The predicted molar refractivity (Wildman–Crippen MR) is 108 cm³/mol. The van der Waals surface area contributed by atoms with Crippen molar-refractivity contribution in [3.05, 3.63) is 58.7 Å². The van der Waals surface area contributed by atoms with Gasteiger partial charge in [-0.2, -0.15) is 0 Å². The molecule has 0 radical (unpaired) electrons. The van der Waals surface area contributed by atoms with Crippen molar-refractivity contribution in [2.45, 2.75) is 79.1 Å². The zero-order valence-electron chi connectivity index (χ0n) is 16.0. The van der Waals surface area contributed by atoms with E-state index in [1.807, 2.05) is 0 Å². The average Bonchev–Trinajstić information content (AvgIpc) is 2.65. The van der Waals surface area contributed by atoms with Crippen LogP contribution in [0.25, 0.3) is 11.1 Å². The quantitative estimate of drug-likeness (QED) is 0.480. The zero-order chi connectivity index (χ0) is 17.2. The molecule has 0 unspecified atom stereocenters. The Morgan fingerprint density at radius 3 is 1.25 bits per heavy atom. The summed E-state index contributed by atoms with van der Waals surface area (Å²) in [4.78, 5) is 0. The van der Waals surface area contributed by atoms with Crippen LogP contribution in [0.3, 0.4) is 0 Å². The van der Waals surface area contributed by atoms with Crippen LogP contribution in [-0.4, -0.2) is 0 Å². The van der Waals surface area contributed by atoms with Gasteiger partial charge in [0.1, 0.15) is 0 Å². The van der Waals surface area contributed by atoms with Gasteiger partial charge < -0.3 is 0 Å². The third kappa shape index (κ3) is 2.81. The number of benzene rings is 2. The number of hydrogen-bond donors (Lipinski definition) is 0. The SMILES string of the molecule is C.CC(C)(C)c1ccc2c(c1)C(C)(C)c1cc(C(C)(C)C)ccc1-2. The highest BCUT2D eigenvalue weighted by Gasteiger charge is 2.36. The summed E-state index contributed by atoms with van der Waals surface area (Å²) in [5.74, 6) is 0. The molecule has 24 heavy (non-hydrogen) atoms. The van der Waals surface area contributed by atoms with Gasteiger partial charge in [-0.15, -0.1) is 0 Å². The Morgan fingerprint density at radius 1 is 0.625 bits per heavy atom. The minimum Gasteiger partial charge on any atom is -0.0776 e. The normalized spacial score (nSPS) is 15.5. The molecule has 0 heterocycles. The second-order valence-electron chi connectivity index (χ2n) is 9.65. The number of fused-ring (bicyclic) bond motifs is 3. The Kier molecular flexibility index (Phi) is 4.28. The van der Waals surface area contributed by atoms with Crippen molar-refractivity contribution in [3.8, 4) is 11.1 Å². The molecule has 0 heteroatoms. The topological polar surface area (TPSA) is 0 Å². The van der Waals surface area contributed by atoms with Crippen molar-refractivity contribution in [3.63, 3.8) is 0 Å². The molecule has 1 aliphatic rings. The molecule has 0 aromatic heterocycles. The van der Waals surface area contributed by atoms with Crippen LogP contribution in [0, 0.1) is 0 Å². The van der Waals surface area contributed by atoms with Crippen molar-refractivity contribution in [2.24, 2.45) is 0 Å². The maximum atomic E-state index is 2.44. The number of rotatable bonds is 0. The Labute approximate surface area is 149 Å². The summed E-state index contributed by atoms with van der Waals surface area (Å²) < 4.78 is 0. The lowest BCUT2D eigenvalue weighted by Gasteiger charge is -2.26. The summed E-state index contributed by atoms with van der Waals surface area (Å²) in [6, 6.07) is 14.2. The van der Waals surface area contributed by atoms with Crippen LogP contribution >= 0.6 is 0 Å². The highest BCUT2D eigenvalue weighted by molar-refractivity contribution is 5.81. The molecule has 0 spiro atoms. The second kappa shape index (κ2) is 5.48. The van der Waals surface area contributed by atoms with E-state index in [4.69, 9.17) is 0 Å². The monoisotopic (exact) mass is 322 g/mol. The molecule has 1 aliphatic carbocycles. The smallest absolute Gasteiger partial charge is 0.0159 e. The van der Waals surface area contributed by atoms with E-state index < -0.39 is 0 Å². The summed E-state index contributed by atoms with van der Waals surface area (Å²) in [7, 11) is 0. The fourth-order valence-corrected chi connectivity index (χ4v) is 3.67. The van der Waals surface area contributed by atoms with Gasteiger partial charge in [0.05, 0.1) is 0 Å². The molecule has 0 amide bonds. The molecule has 0 nitrogen and oxygen atoms in total. The van der Waals surface area contributed by atoms with E-state index >= 15 is 0 Å². The molecule has 2 aromatic carbocycles. The molecule has 0 saturated carbocycles. The first-order valence-electron chi connectivity index (χ1n) is 8.73. The van der Waals surface area contributed by atoms with Crippen molar-refractivity contribution in [1.82, 2.24) is 0 Å². The van der Waals surface area contributed by atoms with Gasteiger partial charge in [0.2, 0.25) is 0 Å². The van der Waals surface area contributed by atoms with Gasteiger partial charge in [-0.1, -0.05) is 99.2 Å². The molecular formula is C24H34. The largest absolute Gasteiger partial charge is 0.0776 e. The Morgan fingerprint density at radius 2 is 0.958 bits per heavy atom. The molecule has 130 valence electrons. The first-order chi connectivity index (χ1) is 10.4. The van der Waals surface area contributed by atoms with E-state index in [2.05, 4.69) is 91.8 Å². The highest BCUT2D eigenvalue weighted by atomic mass is 14.4. The molecule has 2 aromatic rings. The average molecular weight is 323 g/mol. The molecule has 0 atom stereocenters. The summed E-state index contributed by atoms with van der Waals surface area (Å²) in [6.45, 7) is 18.5. The molecular weight excluding hydrogens is 288 g/mol. The fraction of sp³-hybridized carbons (Fsp3) is 0.500. The number of hydrogen-bond acceptors (Lipinski definition) is 0. The lowest BCUT2D eigenvalue weighted by Crippen LogP contribution is -2.19. The summed E-state index contributed by atoms with van der Waals surface area (Å²) in [5.41, 5.74) is 9.09. The molecule has 0 aliphatic heterocycles. The van der Waals surface area contributed by atoms with E-state index in [1.54, 1.807) is 0 Å². The third-order valence-electron chi connectivity index (χ3n) is 5.41. The van der Waals surface area contributed by atoms with Gasteiger partial charge in [0.15, 0.2) is 0 Å². The van der Waals surface area contributed by atoms with E-state index in [1.165, 1.54) is 33.4 Å². The van der Waals surface area contributed by atoms with Crippen molar-refractivity contribution >= 4 is 0 Å². The highest BCUT2D eigenvalue weighted by Crippen LogP contribution is 2.50. The first kappa shape index (κ1) is 18.8. The molecule has 0 bridgehead atoms. The van der Waals surface area contributed by atoms with Gasteiger partial charge in [-0.25, -0.2) is 0 Å². The van der Waals surface area contributed by atoms with Crippen molar-refractivity contribution < 1.29 is 0 Å². The summed E-state index contributed by atoms with van der Waals surface area (Å²) >= 11 is 0. The van der Waals surface area contributed by atoms with E-state index in [9.17, 15) is 0 Å². The van der Waals surface area contributed by atoms with Crippen LogP contribution in [0.2, 0.25) is 0 Å². The van der Waals surface area contributed by atoms with Crippen molar-refractivity contribution in [1.29, 1.82) is 0 Å². The van der Waals surface area contributed by atoms with E-state index in [0.29, 0.717) is 0 Å². The van der Waals surface area contributed by atoms with Crippen LogP contribution in [0.15, 0.2) is 36.4 Å². The van der Waals surface area contributed by atoms with Crippen LogP contribution in [0.5, 0.6) is 0 Å². The summed E-state index contributed by atoms with van der Waals surface area (Å²) in [5, 5.41) is 0. The molecule has 0 N–H and O–H groups in total. The van der Waals surface area contributed by atoms with Gasteiger partial charge in [-0.3, -0.25) is 0 Å². The van der Waals surface area contributed by atoms with E-state index in [-0.39, 0.29) is 23.7 Å². The standard InChI is InChI=1S/C23H30.CH4/c1-21(2,3)15-9-11-17-18-12-10-16(22(4,5)6)14-20(18)23(7,8)19(17)13-15;/h9-14H,1-8H3;1H4. The second-order valence-corrected chi connectivity index (χ2v) is 9.65. The lowest BCUT2D eigenvalue weighted by atomic mass is 9.77. The van der Waals surface area contributed by atoms with Crippen LogP contribution in [0.1, 0.15) is 85.1 Å². The maximum absolute atomic E-state index is 2.44. The maximum Gasteiger partial charge on any atom is 0.0159 e. The minimum atomic E-state index is 0. The molecule has 0 saturated heterocycles.